The van der Waals surface area contributed by atoms with Crippen molar-refractivity contribution in [2.75, 3.05) is 47.9 Å². The molecular formula is C32H38N8O2. The molecule has 0 spiro atoms. The number of ether oxygens (including phenoxy) is 1. The quantitative estimate of drug-likeness (QED) is 0.243. The van der Waals surface area contributed by atoms with Crippen molar-refractivity contribution in [1.82, 2.24) is 15.0 Å². The molecule has 0 saturated carbocycles. The molecule has 2 saturated heterocycles. The lowest BCUT2D eigenvalue weighted by Gasteiger charge is -2.30. The third kappa shape index (κ3) is 6.35. The van der Waals surface area contributed by atoms with Crippen LogP contribution in [0.4, 0.5) is 23.1 Å². The number of nitrogens with one attached hydrogen (secondary N) is 2. The number of anilines is 4. The Morgan fingerprint density at radius 2 is 1.83 bits per heavy atom. The first-order valence-electron chi connectivity index (χ1n) is 14.8. The Kier molecular flexibility index (Phi) is 8.96. The van der Waals surface area contributed by atoms with Crippen molar-refractivity contribution < 1.29 is 9.53 Å². The number of rotatable bonds is 9. The number of hydrogen-bond acceptors (Lipinski definition) is 10. The summed E-state index contributed by atoms with van der Waals surface area (Å²) in [6.07, 6.45) is 7.49. The van der Waals surface area contributed by atoms with Crippen LogP contribution in [0, 0.1) is 28.6 Å². The van der Waals surface area contributed by atoms with Crippen molar-refractivity contribution in [3.8, 4) is 17.2 Å². The van der Waals surface area contributed by atoms with Gasteiger partial charge in [-0.1, -0.05) is 13.8 Å². The zero-order valence-electron chi connectivity index (χ0n) is 24.6. The Balaban J connectivity index is 1.56. The highest BCUT2D eigenvalue weighted by Crippen LogP contribution is 2.34. The van der Waals surface area contributed by atoms with Crippen LogP contribution >= 0.6 is 0 Å². The van der Waals surface area contributed by atoms with Gasteiger partial charge < -0.3 is 25.3 Å². The molecule has 2 N–H and O–H groups in total. The Labute approximate surface area is 247 Å². The minimum absolute atomic E-state index is 0.0918. The molecule has 0 unspecified atom stereocenters. The molecule has 10 heteroatoms. The minimum atomic E-state index is -0.526. The Morgan fingerprint density at radius 1 is 1.10 bits per heavy atom. The van der Waals surface area contributed by atoms with Gasteiger partial charge >= 0.3 is 5.97 Å². The molecule has 2 aliphatic rings. The normalized spacial score (nSPS) is 15.5. The van der Waals surface area contributed by atoms with Gasteiger partial charge in [-0.25, -0.2) is 19.7 Å². The molecule has 2 aliphatic heterocycles. The predicted molar refractivity (Wildman–Crippen MR) is 165 cm³/mol. The fourth-order valence-corrected chi connectivity index (χ4v) is 5.46. The van der Waals surface area contributed by atoms with E-state index in [4.69, 9.17) is 20.1 Å². The van der Waals surface area contributed by atoms with Crippen molar-refractivity contribution in [2.24, 2.45) is 11.8 Å². The summed E-state index contributed by atoms with van der Waals surface area (Å²) in [7, 11) is 0. The largest absolute Gasteiger partial charge is 0.461 e. The van der Waals surface area contributed by atoms with Gasteiger partial charge in [0, 0.05) is 73.1 Å². The number of hydrogen-bond donors (Lipinski definition) is 2. The second-order valence-electron chi connectivity index (χ2n) is 11.1. The molecule has 0 aliphatic carbocycles. The van der Waals surface area contributed by atoms with E-state index in [-0.39, 0.29) is 24.1 Å². The van der Waals surface area contributed by atoms with Crippen molar-refractivity contribution in [1.29, 1.82) is 10.7 Å². The second-order valence-corrected chi connectivity index (χ2v) is 11.1. The fraction of sp³-hybridized carbons (Fsp3) is 0.438. The molecule has 0 amide bonds. The lowest BCUT2D eigenvalue weighted by molar-refractivity contribution is 0.0519. The van der Waals surface area contributed by atoms with Crippen molar-refractivity contribution in [3.63, 3.8) is 0 Å². The van der Waals surface area contributed by atoms with Gasteiger partial charge in [0.05, 0.1) is 12.7 Å². The molecule has 3 aromatic rings. The van der Waals surface area contributed by atoms with E-state index in [1.807, 2.05) is 38.1 Å². The van der Waals surface area contributed by atoms with Gasteiger partial charge in [0.1, 0.15) is 17.5 Å². The summed E-state index contributed by atoms with van der Waals surface area (Å²) in [5.74, 6) is 1.63. The summed E-state index contributed by atoms with van der Waals surface area (Å²) in [6, 6.07) is 11.9. The molecule has 2 fully saturated rings. The number of aromatic nitrogens is 3. The number of nitrogens with zero attached hydrogens (tertiary/aromatic N) is 6. The van der Waals surface area contributed by atoms with Crippen LogP contribution in [0.2, 0.25) is 0 Å². The Bertz CT molecular complexity index is 1470. The average Bonchev–Trinajstić information content (AvgIpc) is 3.56. The topological polar surface area (TPSA) is 131 Å². The summed E-state index contributed by atoms with van der Waals surface area (Å²) in [5, 5.41) is 21.7. The van der Waals surface area contributed by atoms with Crippen LogP contribution in [-0.2, 0) is 4.74 Å². The van der Waals surface area contributed by atoms with E-state index in [9.17, 15) is 10.1 Å². The number of piperidine rings is 1. The van der Waals surface area contributed by atoms with Crippen LogP contribution in [0.25, 0.3) is 11.1 Å². The Morgan fingerprint density at radius 3 is 2.48 bits per heavy atom. The van der Waals surface area contributed by atoms with Crippen LogP contribution in [0.1, 0.15) is 62.5 Å². The monoisotopic (exact) mass is 566 g/mol. The van der Waals surface area contributed by atoms with Gasteiger partial charge in [-0.2, -0.15) is 5.26 Å². The maximum atomic E-state index is 13.0. The molecule has 10 nitrogen and oxygen atoms in total. The summed E-state index contributed by atoms with van der Waals surface area (Å²) in [5.41, 5.74) is 3.40. The maximum absolute atomic E-state index is 13.0. The van der Waals surface area contributed by atoms with Crippen molar-refractivity contribution in [2.45, 2.75) is 46.5 Å². The van der Waals surface area contributed by atoms with Crippen LogP contribution in [0.15, 0.2) is 42.7 Å². The second kappa shape index (κ2) is 13.0. The van der Waals surface area contributed by atoms with E-state index in [0.717, 1.165) is 74.7 Å². The smallest absolute Gasteiger partial charge is 0.357 e. The van der Waals surface area contributed by atoms with Crippen molar-refractivity contribution in [3.05, 3.63) is 54.0 Å². The van der Waals surface area contributed by atoms with Gasteiger partial charge in [-0.3, -0.25) is 0 Å². The first kappa shape index (κ1) is 29.0. The van der Waals surface area contributed by atoms with E-state index in [1.165, 1.54) is 0 Å². The fourth-order valence-electron chi connectivity index (χ4n) is 5.46. The number of esters is 1. The first-order valence-corrected chi connectivity index (χ1v) is 14.8. The lowest BCUT2D eigenvalue weighted by Crippen LogP contribution is -2.33. The third-order valence-electron chi connectivity index (χ3n) is 7.85. The highest BCUT2D eigenvalue weighted by Gasteiger charge is 2.25. The van der Waals surface area contributed by atoms with E-state index >= 15 is 0 Å². The Hall–Kier alpha value is -4.52. The molecule has 0 radical (unpaired) electrons. The van der Waals surface area contributed by atoms with Gasteiger partial charge in [-0.05, 0) is 68.4 Å². The van der Waals surface area contributed by atoms with E-state index < -0.39 is 5.97 Å². The van der Waals surface area contributed by atoms with Crippen LogP contribution in [0.5, 0.6) is 0 Å². The first-order chi connectivity index (χ1) is 20.4. The number of carbonyl (C=O) groups is 1. The van der Waals surface area contributed by atoms with Gasteiger partial charge in [-0.15, -0.1) is 0 Å². The molecule has 0 atom stereocenters. The zero-order valence-corrected chi connectivity index (χ0v) is 24.6. The SMILES string of the molecule is CCOC(=O)c1cc(-c2ccc(N3CCC(C#N)CC3)nc2)c(C(=N)C(C)C)c(Nc2ccnc(N3CCCC3)c2)n1. The molecular weight excluding hydrogens is 528 g/mol. The van der Waals surface area contributed by atoms with Crippen molar-refractivity contribution >= 4 is 34.8 Å². The highest BCUT2D eigenvalue weighted by molar-refractivity contribution is 6.10. The average molecular weight is 567 g/mol. The standard InChI is InChI=1S/C32H38N8O2/c1-4-42-32(41)26-18-25(23-7-8-27(36-20-23)40-15-10-22(19-33)11-16-40)29(30(34)21(2)3)31(38-26)37-24-9-12-35-28(17-24)39-13-5-6-14-39/h7-9,12,17-18,20-22,34H,4-6,10-11,13-16H2,1-3H3,(H,35,37,38). The molecule has 3 aromatic heterocycles. The van der Waals surface area contributed by atoms with Crippen LogP contribution in [0.3, 0.4) is 0 Å². The molecule has 5 heterocycles. The highest BCUT2D eigenvalue weighted by atomic mass is 16.5. The molecule has 42 heavy (non-hydrogen) atoms. The lowest BCUT2D eigenvalue weighted by atomic mass is 9.92. The molecule has 218 valence electrons. The molecule has 5 rings (SSSR count). The summed E-state index contributed by atoms with van der Waals surface area (Å²) < 4.78 is 5.33. The molecule has 0 aromatic carbocycles. The van der Waals surface area contributed by atoms with Gasteiger partial charge in [0.25, 0.3) is 0 Å². The van der Waals surface area contributed by atoms with Crippen LogP contribution in [-0.4, -0.2) is 59.4 Å². The number of nitriles is 1. The predicted octanol–water partition coefficient (Wildman–Crippen LogP) is 5.82. The van der Waals surface area contributed by atoms with Gasteiger partial charge in [0.2, 0.25) is 0 Å². The number of pyridine rings is 3. The van der Waals surface area contributed by atoms with E-state index in [0.29, 0.717) is 22.7 Å². The zero-order chi connectivity index (χ0) is 29.6. The maximum Gasteiger partial charge on any atom is 0.357 e. The third-order valence-corrected chi connectivity index (χ3v) is 7.85. The summed E-state index contributed by atoms with van der Waals surface area (Å²) >= 11 is 0. The molecule has 0 bridgehead atoms. The van der Waals surface area contributed by atoms with E-state index in [2.05, 4.69) is 26.2 Å². The van der Waals surface area contributed by atoms with Crippen LogP contribution < -0.4 is 15.1 Å². The minimum Gasteiger partial charge on any atom is -0.461 e. The summed E-state index contributed by atoms with van der Waals surface area (Å²) in [6.45, 7) is 9.45. The number of carbonyl (C=O) groups excluding carboxylic acids is 1. The summed E-state index contributed by atoms with van der Waals surface area (Å²) in [4.78, 5) is 31.4. The van der Waals surface area contributed by atoms with Gasteiger partial charge in [0.15, 0.2) is 5.69 Å². The van der Waals surface area contributed by atoms with E-state index in [1.54, 1.807) is 25.4 Å².